The molecule has 2 aromatic rings. The molecule has 1 fully saturated rings. The Balaban J connectivity index is 1.42. The molecule has 0 radical (unpaired) electrons. The molecule has 42 heavy (non-hydrogen) atoms. The van der Waals surface area contributed by atoms with E-state index in [0.717, 1.165) is 68.1 Å². The second-order valence-electron chi connectivity index (χ2n) is 13.3. The van der Waals surface area contributed by atoms with Crippen molar-refractivity contribution in [1.29, 1.82) is 0 Å². The van der Waals surface area contributed by atoms with Crippen molar-refractivity contribution in [2.45, 2.75) is 82.0 Å². The molecule has 6 rings (SSSR count). The van der Waals surface area contributed by atoms with Crippen LogP contribution in [0.1, 0.15) is 80.3 Å². The van der Waals surface area contributed by atoms with E-state index in [0.29, 0.717) is 24.0 Å². The number of benzene rings is 2. The molecule has 1 amide bonds. The van der Waals surface area contributed by atoms with Crippen LogP contribution in [-0.2, 0) is 26.3 Å². The summed E-state index contributed by atoms with van der Waals surface area (Å²) in [5.41, 5.74) is 3.89. The van der Waals surface area contributed by atoms with Gasteiger partial charge in [-0.05, 0) is 117 Å². The Labute approximate surface area is 256 Å². The van der Waals surface area contributed by atoms with Crippen LogP contribution in [0.4, 0.5) is 5.69 Å². The normalized spacial score (nSPS) is 35.2. The minimum Gasteiger partial charge on any atom is -0.490 e. The number of nitrogens with zero attached hydrogens (tertiary/aromatic N) is 1. The van der Waals surface area contributed by atoms with Gasteiger partial charge in [-0.1, -0.05) is 31.0 Å². The minimum absolute atomic E-state index is 0.165. The molecule has 8 heteroatoms. The molecule has 0 aromatic heterocycles. The molecule has 7 atom stereocenters. The van der Waals surface area contributed by atoms with Crippen LogP contribution in [0.2, 0.25) is 5.02 Å². The van der Waals surface area contributed by atoms with Crippen molar-refractivity contribution in [2.75, 3.05) is 31.7 Å². The Morgan fingerprint density at radius 1 is 1.12 bits per heavy atom. The number of fused-ring (bicyclic) bond motifs is 4. The molecule has 2 aliphatic carbocycles. The van der Waals surface area contributed by atoms with E-state index in [1.54, 1.807) is 6.07 Å². The summed E-state index contributed by atoms with van der Waals surface area (Å²) in [5.74, 6) is 5.62. The smallest absolute Gasteiger partial charge is 0.262 e. The first-order valence-corrected chi connectivity index (χ1v) is 17.8. The van der Waals surface area contributed by atoms with Crippen molar-refractivity contribution < 1.29 is 18.5 Å². The van der Waals surface area contributed by atoms with Gasteiger partial charge in [0.15, 0.2) is 0 Å². The first-order valence-electron chi connectivity index (χ1n) is 15.6. The van der Waals surface area contributed by atoms with Crippen molar-refractivity contribution in [1.82, 2.24) is 4.72 Å². The Hall–Kier alpha value is -2.22. The van der Waals surface area contributed by atoms with Crippen molar-refractivity contribution in [3.8, 4) is 5.75 Å². The summed E-state index contributed by atoms with van der Waals surface area (Å²) >= 11 is 6.43. The number of ether oxygens (including phenoxy) is 2. The van der Waals surface area contributed by atoms with Crippen molar-refractivity contribution in [3.05, 3.63) is 58.1 Å². The van der Waals surface area contributed by atoms with Gasteiger partial charge in [-0.3, -0.25) is 9.52 Å². The average Bonchev–Trinajstić information content (AvgIpc) is 3.10. The summed E-state index contributed by atoms with van der Waals surface area (Å²) in [4.78, 5) is 16.0. The standard InChI is InChI=1S/C34H45ClN2O4S/c1-22-7-5-9-31(40-3)28-13-10-26(28)19-37-20-34(16-6-8-24-17-27(35)12-14-29(24)34)21-41-32-15-11-25(18-30(32)37)33(38)36-42(4,39)23(22)2/h11-12,14-15,17-18,22-23,26,28,31H,4-10,13,16,19-21H2,1-3H3,(H,36,38,39)/t22-,23+,26-,28+,31-,34-,42?/m0/s1. The fraction of sp³-hybridized carbons (Fsp3) is 0.588. The molecular formula is C34H45ClN2O4S. The highest BCUT2D eigenvalue weighted by atomic mass is 35.5. The maximum atomic E-state index is 13.7. The van der Waals surface area contributed by atoms with Gasteiger partial charge in [0.1, 0.15) is 5.75 Å². The van der Waals surface area contributed by atoms with Gasteiger partial charge < -0.3 is 14.4 Å². The molecule has 1 unspecified atom stereocenters. The molecule has 228 valence electrons. The van der Waals surface area contributed by atoms with E-state index in [4.69, 9.17) is 21.1 Å². The highest BCUT2D eigenvalue weighted by Crippen LogP contribution is 2.47. The van der Waals surface area contributed by atoms with E-state index in [1.807, 2.05) is 32.2 Å². The number of carbonyl (C=O) groups is 1. The highest BCUT2D eigenvalue weighted by molar-refractivity contribution is 7.99. The molecule has 1 spiro atoms. The molecule has 2 aromatic carbocycles. The van der Waals surface area contributed by atoms with Gasteiger partial charge in [0.05, 0.1) is 28.1 Å². The summed E-state index contributed by atoms with van der Waals surface area (Å²) < 4.78 is 29.2. The van der Waals surface area contributed by atoms with Crippen LogP contribution in [-0.4, -0.2) is 54.1 Å². The third-order valence-electron chi connectivity index (χ3n) is 10.8. The number of nitrogens with one attached hydrogen (secondary N) is 1. The minimum atomic E-state index is -2.85. The zero-order chi connectivity index (χ0) is 29.6. The first kappa shape index (κ1) is 29.8. The molecule has 2 bridgehead atoms. The van der Waals surface area contributed by atoms with E-state index in [-0.39, 0.29) is 28.6 Å². The molecule has 6 nitrogen and oxygen atoms in total. The lowest BCUT2D eigenvalue weighted by atomic mass is 9.68. The van der Waals surface area contributed by atoms with Gasteiger partial charge in [-0.15, -0.1) is 0 Å². The van der Waals surface area contributed by atoms with Crippen LogP contribution in [0.5, 0.6) is 5.75 Å². The summed E-state index contributed by atoms with van der Waals surface area (Å²) in [6, 6.07) is 12.0. The molecule has 2 aliphatic heterocycles. The second-order valence-corrected chi connectivity index (χ2v) is 16.2. The molecule has 1 saturated carbocycles. The highest BCUT2D eigenvalue weighted by Gasteiger charge is 2.44. The van der Waals surface area contributed by atoms with E-state index < -0.39 is 9.71 Å². The number of carbonyl (C=O) groups excluding carboxylic acids is 1. The predicted molar refractivity (Wildman–Crippen MR) is 172 cm³/mol. The third kappa shape index (κ3) is 5.57. The summed E-state index contributed by atoms with van der Waals surface area (Å²) in [5, 5.41) is 0.533. The molecule has 2 heterocycles. The largest absolute Gasteiger partial charge is 0.490 e. The third-order valence-corrected chi connectivity index (χ3v) is 13.3. The van der Waals surface area contributed by atoms with Gasteiger partial charge in [0.25, 0.3) is 5.91 Å². The lowest BCUT2D eigenvalue weighted by molar-refractivity contribution is -0.0224. The number of rotatable bonds is 1. The topological polar surface area (TPSA) is 67.9 Å². The monoisotopic (exact) mass is 612 g/mol. The number of hydrogen-bond acceptors (Lipinski definition) is 5. The molecule has 0 saturated heterocycles. The number of methoxy groups -OCH3 is 1. The Morgan fingerprint density at radius 3 is 2.71 bits per heavy atom. The van der Waals surface area contributed by atoms with Crippen LogP contribution in [0, 0.1) is 17.8 Å². The molecular weight excluding hydrogens is 568 g/mol. The van der Waals surface area contributed by atoms with E-state index in [2.05, 4.69) is 34.5 Å². The van der Waals surface area contributed by atoms with Gasteiger partial charge in [-0.2, -0.15) is 0 Å². The number of anilines is 1. The van der Waals surface area contributed by atoms with E-state index in [1.165, 1.54) is 24.0 Å². The fourth-order valence-electron chi connectivity index (χ4n) is 7.92. The Kier molecular flexibility index (Phi) is 8.31. The summed E-state index contributed by atoms with van der Waals surface area (Å²) in [6.07, 6.45) is 8.62. The van der Waals surface area contributed by atoms with Crippen LogP contribution in [0.15, 0.2) is 36.4 Å². The molecule has 4 aliphatic rings. The van der Waals surface area contributed by atoms with Crippen LogP contribution in [0.3, 0.4) is 0 Å². The Bertz CT molecular complexity index is 1450. The van der Waals surface area contributed by atoms with Crippen LogP contribution < -0.4 is 14.4 Å². The zero-order valence-corrected chi connectivity index (χ0v) is 26.8. The molecule has 1 N–H and O–H groups in total. The maximum absolute atomic E-state index is 13.7. The summed E-state index contributed by atoms with van der Waals surface area (Å²) in [7, 11) is -1.00. The number of amides is 1. The van der Waals surface area contributed by atoms with Gasteiger partial charge in [0.2, 0.25) is 0 Å². The number of aryl methyl sites for hydroxylation is 1. The quantitative estimate of drug-likeness (QED) is 0.376. The maximum Gasteiger partial charge on any atom is 0.262 e. The second kappa shape index (κ2) is 11.7. The van der Waals surface area contributed by atoms with Gasteiger partial charge >= 0.3 is 0 Å². The van der Waals surface area contributed by atoms with Crippen LogP contribution >= 0.6 is 11.6 Å². The SMILES string of the molecule is C=S1(=O)NC(=O)c2ccc3c(c2)N(C[C@@H]2CC[C@H]2[C@@H](OC)CCC[C@H](C)[C@H]1C)C[C@@]1(CCCc2cc(Cl)ccc21)CO3. The van der Waals surface area contributed by atoms with Crippen molar-refractivity contribution in [3.63, 3.8) is 0 Å². The van der Waals surface area contributed by atoms with Crippen LogP contribution in [0.25, 0.3) is 0 Å². The summed E-state index contributed by atoms with van der Waals surface area (Å²) in [6.45, 7) is 6.33. The van der Waals surface area contributed by atoms with Crippen molar-refractivity contribution in [2.24, 2.45) is 17.8 Å². The predicted octanol–water partition coefficient (Wildman–Crippen LogP) is 6.42. The zero-order valence-electron chi connectivity index (χ0n) is 25.2. The first-order chi connectivity index (χ1) is 20.1. The lowest BCUT2D eigenvalue weighted by Crippen LogP contribution is -2.50. The van der Waals surface area contributed by atoms with Gasteiger partial charge in [-0.25, -0.2) is 4.21 Å². The van der Waals surface area contributed by atoms with E-state index in [9.17, 15) is 9.00 Å². The fourth-order valence-corrected chi connectivity index (χ4v) is 9.61. The average molecular weight is 613 g/mol. The van der Waals surface area contributed by atoms with Crippen molar-refractivity contribution >= 4 is 38.8 Å². The van der Waals surface area contributed by atoms with E-state index >= 15 is 0 Å². The van der Waals surface area contributed by atoms with Gasteiger partial charge in [0, 0.05) is 41.5 Å². The number of hydrogen-bond donors (Lipinski definition) is 1. The number of halogens is 1. The Morgan fingerprint density at radius 2 is 1.95 bits per heavy atom. The lowest BCUT2D eigenvalue weighted by Gasteiger charge is -2.46.